The van der Waals surface area contributed by atoms with Gasteiger partial charge in [-0.3, -0.25) is 0 Å². The quantitative estimate of drug-likeness (QED) is 0.754. The predicted molar refractivity (Wildman–Crippen MR) is 94.2 cm³/mol. The van der Waals surface area contributed by atoms with Gasteiger partial charge < -0.3 is 20.2 Å². The Balaban J connectivity index is 2.18. The molecule has 4 nitrogen and oxygen atoms in total. The van der Waals surface area contributed by atoms with Gasteiger partial charge >= 0.3 is 0 Å². The minimum atomic E-state index is 0.0625. The molecule has 0 bridgehead atoms. The van der Waals surface area contributed by atoms with E-state index in [1.165, 1.54) is 0 Å². The lowest BCUT2D eigenvalue weighted by atomic mass is 9.98. The molecule has 2 aromatic carbocycles. The van der Waals surface area contributed by atoms with Crippen LogP contribution in [-0.2, 0) is 6.42 Å². The van der Waals surface area contributed by atoms with E-state index >= 15 is 0 Å². The van der Waals surface area contributed by atoms with E-state index in [1.54, 1.807) is 14.2 Å². The van der Waals surface area contributed by atoms with E-state index in [0.717, 1.165) is 45.5 Å². The third-order valence-electron chi connectivity index (χ3n) is 4.02. The molecule has 0 aliphatic carbocycles. The van der Waals surface area contributed by atoms with Crippen LogP contribution in [-0.4, -0.2) is 25.2 Å². The van der Waals surface area contributed by atoms with Crippen LogP contribution in [0, 0.1) is 0 Å². The topological polar surface area (TPSA) is 60.3 Å². The summed E-state index contributed by atoms with van der Waals surface area (Å²) in [4.78, 5) is 3.31. The van der Waals surface area contributed by atoms with Crippen molar-refractivity contribution < 1.29 is 9.47 Å². The summed E-state index contributed by atoms with van der Waals surface area (Å²) >= 11 is 0. The summed E-state index contributed by atoms with van der Waals surface area (Å²) in [6.45, 7) is 1.99. The van der Waals surface area contributed by atoms with Crippen molar-refractivity contribution in [3.05, 3.63) is 48.2 Å². The van der Waals surface area contributed by atoms with Crippen molar-refractivity contribution in [2.45, 2.75) is 19.4 Å². The minimum absolute atomic E-state index is 0.0625. The molecule has 3 N–H and O–H groups in total. The molecule has 0 amide bonds. The van der Waals surface area contributed by atoms with Gasteiger partial charge in [0.15, 0.2) is 0 Å². The fourth-order valence-corrected chi connectivity index (χ4v) is 2.97. The Hall–Kier alpha value is -2.46. The lowest BCUT2D eigenvalue weighted by Crippen LogP contribution is -2.18. The first-order chi connectivity index (χ1) is 11.1. The monoisotopic (exact) mass is 310 g/mol. The SMILES string of the molecule is COc1cc(-c2c[nH]c3ccccc23)c(OC)cc1CC(C)N. The number of aromatic amines is 1. The number of hydrogen-bond donors (Lipinski definition) is 2. The molecule has 0 saturated heterocycles. The van der Waals surface area contributed by atoms with Crippen LogP contribution >= 0.6 is 0 Å². The van der Waals surface area contributed by atoms with Gasteiger partial charge in [0.1, 0.15) is 11.5 Å². The van der Waals surface area contributed by atoms with Gasteiger partial charge in [0.25, 0.3) is 0 Å². The number of para-hydroxylation sites is 1. The number of ether oxygens (including phenoxy) is 2. The molecule has 3 rings (SSSR count). The first-order valence-electron chi connectivity index (χ1n) is 7.71. The van der Waals surface area contributed by atoms with Crippen molar-refractivity contribution in [3.8, 4) is 22.6 Å². The Kier molecular flexibility index (Phi) is 4.26. The highest BCUT2D eigenvalue weighted by atomic mass is 16.5. The summed E-state index contributed by atoms with van der Waals surface area (Å²) in [6.07, 6.45) is 2.75. The van der Waals surface area contributed by atoms with Crippen molar-refractivity contribution in [2.24, 2.45) is 5.73 Å². The fraction of sp³-hybridized carbons (Fsp3) is 0.263. The zero-order valence-electron chi connectivity index (χ0n) is 13.7. The zero-order valence-corrected chi connectivity index (χ0v) is 13.7. The summed E-state index contributed by atoms with van der Waals surface area (Å²) in [5.41, 5.74) is 10.2. The molecule has 1 atom stereocenters. The number of aromatic nitrogens is 1. The van der Waals surface area contributed by atoms with Crippen LogP contribution in [0.2, 0.25) is 0 Å². The largest absolute Gasteiger partial charge is 0.496 e. The number of methoxy groups -OCH3 is 2. The molecule has 4 heteroatoms. The smallest absolute Gasteiger partial charge is 0.127 e. The normalized spacial score (nSPS) is 12.3. The Morgan fingerprint density at radius 2 is 1.78 bits per heavy atom. The second-order valence-electron chi connectivity index (χ2n) is 5.79. The molecule has 23 heavy (non-hydrogen) atoms. The zero-order chi connectivity index (χ0) is 16.4. The molecule has 120 valence electrons. The van der Waals surface area contributed by atoms with E-state index in [0.29, 0.717) is 0 Å². The average molecular weight is 310 g/mol. The van der Waals surface area contributed by atoms with Gasteiger partial charge in [0, 0.05) is 34.3 Å². The molecule has 1 heterocycles. The number of rotatable bonds is 5. The summed E-state index contributed by atoms with van der Waals surface area (Å²) in [5.74, 6) is 1.66. The highest BCUT2D eigenvalue weighted by Gasteiger charge is 2.16. The van der Waals surface area contributed by atoms with Gasteiger partial charge in [0.05, 0.1) is 14.2 Å². The summed E-state index contributed by atoms with van der Waals surface area (Å²) in [5, 5.41) is 1.16. The first kappa shape index (κ1) is 15.4. The Morgan fingerprint density at radius 1 is 1.04 bits per heavy atom. The summed E-state index contributed by atoms with van der Waals surface area (Å²) in [6, 6.07) is 12.3. The van der Waals surface area contributed by atoms with Crippen molar-refractivity contribution in [2.75, 3.05) is 14.2 Å². The highest BCUT2D eigenvalue weighted by Crippen LogP contribution is 2.39. The van der Waals surface area contributed by atoms with Gasteiger partial charge in [-0.05, 0) is 37.1 Å². The van der Waals surface area contributed by atoms with E-state index in [2.05, 4.69) is 17.1 Å². The maximum absolute atomic E-state index is 5.95. The number of fused-ring (bicyclic) bond motifs is 1. The maximum atomic E-state index is 5.95. The van der Waals surface area contributed by atoms with E-state index in [-0.39, 0.29) is 6.04 Å². The number of hydrogen-bond acceptors (Lipinski definition) is 3. The number of H-pyrrole nitrogens is 1. The molecule has 0 aliphatic rings. The third kappa shape index (κ3) is 2.90. The Morgan fingerprint density at radius 3 is 2.48 bits per heavy atom. The van der Waals surface area contributed by atoms with E-state index in [4.69, 9.17) is 15.2 Å². The van der Waals surface area contributed by atoms with E-state index in [1.807, 2.05) is 37.4 Å². The van der Waals surface area contributed by atoms with Crippen molar-refractivity contribution in [1.29, 1.82) is 0 Å². The number of nitrogens with one attached hydrogen (secondary N) is 1. The molecular weight excluding hydrogens is 288 g/mol. The lowest BCUT2D eigenvalue weighted by molar-refractivity contribution is 0.399. The second kappa shape index (κ2) is 6.34. The minimum Gasteiger partial charge on any atom is -0.496 e. The van der Waals surface area contributed by atoms with Crippen LogP contribution in [0.3, 0.4) is 0 Å². The van der Waals surface area contributed by atoms with Gasteiger partial charge in [0.2, 0.25) is 0 Å². The van der Waals surface area contributed by atoms with Crippen LogP contribution in [0.15, 0.2) is 42.6 Å². The molecule has 0 fully saturated rings. The lowest BCUT2D eigenvalue weighted by Gasteiger charge is -2.16. The van der Waals surface area contributed by atoms with Crippen LogP contribution in [0.25, 0.3) is 22.0 Å². The van der Waals surface area contributed by atoms with Gasteiger partial charge in [-0.15, -0.1) is 0 Å². The van der Waals surface area contributed by atoms with Gasteiger partial charge in [-0.2, -0.15) is 0 Å². The van der Waals surface area contributed by atoms with Crippen LogP contribution < -0.4 is 15.2 Å². The molecule has 1 unspecified atom stereocenters. The molecule has 1 aromatic heterocycles. The molecule has 3 aromatic rings. The average Bonchev–Trinajstić information content (AvgIpc) is 2.98. The Bertz CT molecular complexity index is 821. The second-order valence-corrected chi connectivity index (χ2v) is 5.79. The van der Waals surface area contributed by atoms with Crippen LogP contribution in [0.1, 0.15) is 12.5 Å². The van der Waals surface area contributed by atoms with E-state index < -0.39 is 0 Å². The molecule has 0 spiro atoms. The van der Waals surface area contributed by atoms with E-state index in [9.17, 15) is 0 Å². The number of benzene rings is 2. The van der Waals surface area contributed by atoms with Crippen molar-refractivity contribution in [1.82, 2.24) is 4.98 Å². The van der Waals surface area contributed by atoms with Crippen LogP contribution in [0.5, 0.6) is 11.5 Å². The third-order valence-corrected chi connectivity index (χ3v) is 4.02. The molecule has 0 aliphatic heterocycles. The van der Waals surface area contributed by atoms with Crippen molar-refractivity contribution >= 4 is 10.9 Å². The van der Waals surface area contributed by atoms with Gasteiger partial charge in [-0.25, -0.2) is 0 Å². The maximum Gasteiger partial charge on any atom is 0.127 e. The number of nitrogens with two attached hydrogens (primary N) is 1. The first-order valence-corrected chi connectivity index (χ1v) is 7.71. The fourth-order valence-electron chi connectivity index (χ4n) is 2.97. The van der Waals surface area contributed by atoms with Gasteiger partial charge in [-0.1, -0.05) is 18.2 Å². The van der Waals surface area contributed by atoms with Crippen molar-refractivity contribution in [3.63, 3.8) is 0 Å². The highest BCUT2D eigenvalue weighted by molar-refractivity contribution is 5.97. The summed E-state index contributed by atoms with van der Waals surface area (Å²) in [7, 11) is 3.38. The molecular formula is C19H22N2O2. The predicted octanol–water partition coefficient (Wildman–Crippen LogP) is 3.74. The molecule has 0 saturated carbocycles. The summed E-state index contributed by atoms with van der Waals surface area (Å²) < 4.78 is 11.2. The van der Waals surface area contributed by atoms with Crippen LogP contribution in [0.4, 0.5) is 0 Å². The Labute approximate surface area is 136 Å². The standard InChI is InChI=1S/C19H22N2O2/c1-12(20)8-13-9-19(23-3)15(10-18(13)22-2)16-11-21-17-7-5-4-6-14(16)17/h4-7,9-12,21H,8,20H2,1-3H3. The molecule has 0 radical (unpaired) electrons.